The van der Waals surface area contributed by atoms with Gasteiger partial charge in [0.05, 0.1) is 9.79 Å². The van der Waals surface area contributed by atoms with Gasteiger partial charge in [-0.05, 0) is 43.9 Å². The van der Waals surface area contributed by atoms with Crippen LogP contribution in [-0.4, -0.2) is 46.3 Å². The van der Waals surface area contributed by atoms with E-state index >= 15 is 0 Å². The zero-order valence-corrected chi connectivity index (χ0v) is 17.0. The molecule has 1 aliphatic heterocycles. The van der Waals surface area contributed by atoms with Crippen molar-refractivity contribution in [3.05, 3.63) is 24.3 Å². The van der Waals surface area contributed by atoms with E-state index in [0.29, 0.717) is 25.9 Å². The van der Waals surface area contributed by atoms with Crippen molar-refractivity contribution in [1.29, 1.82) is 0 Å². The zero-order valence-electron chi connectivity index (χ0n) is 14.6. The van der Waals surface area contributed by atoms with Crippen LogP contribution >= 0.6 is 12.4 Å². The second-order valence-electron chi connectivity index (χ2n) is 6.88. The van der Waals surface area contributed by atoms with Crippen LogP contribution in [0.15, 0.2) is 34.1 Å². The standard InChI is InChI=1S/C16H25N3O4S2.ClH/c17-13-16(8-1-2-9-16)18-24(20,21)14-6-5-7-15(12-14)25(22,23)19-10-3-4-11-19;/h5-7,12,18H,1-4,8-11,13,17H2;1H. The Hall–Kier alpha value is -0.710. The van der Waals surface area contributed by atoms with Crippen LogP contribution in [0.1, 0.15) is 38.5 Å². The van der Waals surface area contributed by atoms with Crippen molar-refractivity contribution in [3.8, 4) is 0 Å². The molecule has 0 aromatic heterocycles. The molecular formula is C16H26ClN3O4S2. The Balaban J connectivity index is 0.00000243. The molecule has 148 valence electrons. The highest BCUT2D eigenvalue weighted by atomic mass is 35.5. The van der Waals surface area contributed by atoms with E-state index in [1.807, 2.05) is 0 Å². The van der Waals surface area contributed by atoms with E-state index in [9.17, 15) is 16.8 Å². The molecule has 1 heterocycles. The first-order chi connectivity index (χ1) is 11.8. The smallest absolute Gasteiger partial charge is 0.243 e. The Morgan fingerprint density at radius 3 is 2.15 bits per heavy atom. The number of nitrogens with zero attached hydrogens (tertiary/aromatic N) is 1. The van der Waals surface area contributed by atoms with Crippen molar-refractivity contribution >= 4 is 32.5 Å². The molecule has 1 saturated carbocycles. The summed E-state index contributed by atoms with van der Waals surface area (Å²) in [5, 5.41) is 0. The van der Waals surface area contributed by atoms with Crippen LogP contribution in [0.5, 0.6) is 0 Å². The molecule has 0 amide bonds. The van der Waals surface area contributed by atoms with Gasteiger partial charge in [-0.2, -0.15) is 4.31 Å². The van der Waals surface area contributed by atoms with E-state index in [4.69, 9.17) is 5.73 Å². The van der Waals surface area contributed by atoms with E-state index < -0.39 is 25.6 Å². The topological polar surface area (TPSA) is 110 Å². The Morgan fingerprint density at radius 1 is 1.00 bits per heavy atom. The molecule has 0 radical (unpaired) electrons. The fourth-order valence-corrected chi connectivity index (χ4v) is 6.78. The summed E-state index contributed by atoms with van der Waals surface area (Å²) in [5.41, 5.74) is 5.18. The molecule has 3 rings (SSSR count). The SMILES string of the molecule is Cl.NCC1(NS(=O)(=O)c2cccc(S(=O)(=O)N3CCCC3)c2)CCCC1. The maximum absolute atomic E-state index is 12.8. The number of rotatable bonds is 6. The number of hydrogen-bond donors (Lipinski definition) is 2. The maximum atomic E-state index is 12.8. The third kappa shape index (κ3) is 4.23. The van der Waals surface area contributed by atoms with Crippen molar-refractivity contribution in [2.75, 3.05) is 19.6 Å². The number of nitrogens with one attached hydrogen (secondary N) is 1. The first-order valence-electron chi connectivity index (χ1n) is 8.63. The van der Waals surface area contributed by atoms with E-state index in [2.05, 4.69) is 4.72 Å². The van der Waals surface area contributed by atoms with Crippen molar-refractivity contribution in [2.45, 2.75) is 53.9 Å². The first kappa shape index (κ1) is 21.6. The fraction of sp³-hybridized carbons (Fsp3) is 0.625. The largest absolute Gasteiger partial charge is 0.329 e. The summed E-state index contributed by atoms with van der Waals surface area (Å²) >= 11 is 0. The van der Waals surface area contributed by atoms with E-state index in [-0.39, 0.29) is 28.7 Å². The lowest BCUT2D eigenvalue weighted by Crippen LogP contribution is -2.51. The molecule has 1 aromatic carbocycles. The predicted molar refractivity (Wildman–Crippen MR) is 102 cm³/mol. The molecule has 2 aliphatic rings. The zero-order chi connectivity index (χ0) is 18.1. The summed E-state index contributed by atoms with van der Waals surface area (Å²) in [4.78, 5) is -0.0157. The van der Waals surface area contributed by atoms with Gasteiger partial charge >= 0.3 is 0 Å². The molecule has 10 heteroatoms. The van der Waals surface area contributed by atoms with Crippen molar-refractivity contribution in [1.82, 2.24) is 9.03 Å². The summed E-state index contributed by atoms with van der Waals surface area (Å²) in [6.07, 6.45) is 4.94. The highest BCUT2D eigenvalue weighted by Crippen LogP contribution is 2.31. The second-order valence-corrected chi connectivity index (χ2v) is 10.5. The lowest BCUT2D eigenvalue weighted by atomic mass is 10.0. The van der Waals surface area contributed by atoms with Gasteiger partial charge in [0.15, 0.2) is 0 Å². The average molecular weight is 424 g/mol. The minimum absolute atomic E-state index is 0. The summed E-state index contributed by atoms with van der Waals surface area (Å²) in [7, 11) is -7.49. The van der Waals surface area contributed by atoms with Gasteiger partial charge in [0.2, 0.25) is 20.0 Å². The molecule has 26 heavy (non-hydrogen) atoms. The second kappa shape index (κ2) is 8.12. The highest BCUT2D eigenvalue weighted by molar-refractivity contribution is 7.90. The molecule has 3 N–H and O–H groups in total. The predicted octanol–water partition coefficient (Wildman–Crippen LogP) is 1.44. The van der Waals surface area contributed by atoms with E-state index in [1.54, 1.807) is 0 Å². The van der Waals surface area contributed by atoms with Crippen LogP contribution in [-0.2, 0) is 20.0 Å². The third-order valence-corrected chi connectivity index (χ3v) is 8.59. The van der Waals surface area contributed by atoms with Gasteiger partial charge in [0.25, 0.3) is 0 Å². The van der Waals surface area contributed by atoms with Gasteiger partial charge < -0.3 is 5.73 Å². The lowest BCUT2D eigenvalue weighted by Gasteiger charge is -2.28. The normalized spacial score (nSPS) is 20.8. The first-order valence-corrected chi connectivity index (χ1v) is 11.6. The summed E-state index contributed by atoms with van der Waals surface area (Å²) in [6, 6.07) is 5.59. The van der Waals surface area contributed by atoms with Gasteiger partial charge in [-0.25, -0.2) is 21.6 Å². The molecule has 0 bridgehead atoms. The molecular weight excluding hydrogens is 398 g/mol. The molecule has 0 atom stereocenters. The van der Waals surface area contributed by atoms with Crippen molar-refractivity contribution in [2.24, 2.45) is 5.73 Å². The Morgan fingerprint density at radius 2 is 1.58 bits per heavy atom. The number of hydrogen-bond acceptors (Lipinski definition) is 5. The molecule has 1 aromatic rings. The molecule has 0 unspecified atom stereocenters. The minimum atomic E-state index is -3.83. The number of benzene rings is 1. The van der Waals surface area contributed by atoms with Gasteiger partial charge in [0.1, 0.15) is 0 Å². The summed E-state index contributed by atoms with van der Waals surface area (Å²) in [5.74, 6) is 0. The maximum Gasteiger partial charge on any atom is 0.243 e. The number of sulfonamides is 2. The molecule has 1 aliphatic carbocycles. The quantitative estimate of drug-likeness (QED) is 0.719. The van der Waals surface area contributed by atoms with Crippen LogP contribution < -0.4 is 10.5 Å². The van der Waals surface area contributed by atoms with Crippen LogP contribution in [0, 0.1) is 0 Å². The van der Waals surface area contributed by atoms with Crippen LogP contribution in [0.25, 0.3) is 0 Å². The highest BCUT2D eigenvalue weighted by Gasteiger charge is 2.37. The van der Waals surface area contributed by atoms with Crippen molar-refractivity contribution in [3.63, 3.8) is 0 Å². The molecule has 2 fully saturated rings. The molecule has 7 nitrogen and oxygen atoms in total. The van der Waals surface area contributed by atoms with Crippen molar-refractivity contribution < 1.29 is 16.8 Å². The summed E-state index contributed by atoms with van der Waals surface area (Å²) < 4.78 is 55.0. The monoisotopic (exact) mass is 423 g/mol. The van der Waals surface area contributed by atoms with Crippen LogP contribution in [0.3, 0.4) is 0 Å². The molecule has 0 spiro atoms. The third-order valence-electron chi connectivity index (χ3n) is 5.12. The Labute approximate surface area is 161 Å². The average Bonchev–Trinajstić information content (AvgIpc) is 3.27. The fourth-order valence-electron chi connectivity index (χ4n) is 3.62. The lowest BCUT2D eigenvalue weighted by molar-refractivity contribution is 0.399. The number of nitrogens with two attached hydrogens (primary N) is 1. The van der Waals surface area contributed by atoms with Gasteiger partial charge in [-0.15, -0.1) is 12.4 Å². The van der Waals surface area contributed by atoms with Gasteiger partial charge in [0, 0.05) is 25.2 Å². The van der Waals surface area contributed by atoms with Crippen LogP contribution in [0.4, 0.5) is 0 Å². The Kier molecular flexibility index (Phi) is 6.74. The van der Waals surface area contributed by atoms with Gasteiger partial charge in [-0.3, -0.25) is 0 Å². The number of halogens is 1. The van der Waals surface area contributed by atoms with Crippen LogP contribution in [0.2, 0.25) is 0 Å². The summed E-state index contributed by atoms with van der Waals surface area (Å²) in [6.45, 7) is 1.19. The van der Waals surface area contributed by atoms with E-state index in [1.165, 1.54) is 28.6 Å². The molecule has 1 saturated heterocycles. The van der Waals surface area contributed by atoms with Gasteiger partial charge in [-0.1, -0.05) is 18.9 Å². The van der Waals surface area contributed by atoms with E-state index in [0.717, 1.165) is 25.7 Å². The minimum Gasteiger partial charge on any atom is -0.329 e. The Bertz CT molecular complexity index is 831.